The van der Waals surface area contributed by atoms with Gasteiger partial charge in [0.15, 0.2) is 0 Å². The fraction of sp³-hybridized carbons (Fsp3) is 0.364. The van der Waals surface area contributed by atoms with Crippen molar-refractivity contribution in [3.05, 3.63) is 28.8 Å². The summed E-state index contributed by atoms with van der Waals surface area (Å²) in [5, 5.41) is 11.2. The van der Waals surface area contributed by atoms with Crippen molar-refractivity contribution in [2.24, 2.45) is 5.73 Å². The third-order valence-electron chi connectivity index (χ3n) is 2.25. The van der Waals surface area contributed by atoms with Gasteiger partial charge in [0.2, 0.25) is 0 Å². The van der Waals surface area contributed by atoms with Crippen molar-refractivity contribution in [3.63, 3.8) is 0 Å². The highest BCUT2D eigenvalue weighted by atomic mass is 35.5. The van der Waals surface area contributed by atoms with Crippen molar-refractivity contribution >= 4 is 23.1 Å². The average molecular weight is 242 g/mol. The topological polar surface area (TPSA) is 71.1 Å². The van der Waals surface area contributed by atoms with Gasteiger partial charge in [-0.25, -0.2) is 0 Å². The summed E-state index contributed by atoms with van der Waals surface area (Å²) in [4.78, 5) is 0. The third-order valence-corrected chi connectivity index (χ3v) is 2.49. The summed E-state index contributed by atoms with van der Waals surface area (Å²) in [6.45, 7) is 2.61. The molecule has 1 unspecified atom stereocenters. The number of methoxy groups -OCH3 is 1. The van der Waals surface area contributed by atoms with Gasteiger partial charge in [-0.15, -0.1) is 0 Å². The summed E-state index contributed by atoms with van der Waals surface area (Å²) < 4.78 is 5.12. The molecule has 0 aliphatic heterocycles. The van der Waals surface area contributed by atoms with Gasteiger partial charge in [0, 0.05) is 29.9 Å². The number of nitrogen functional groups attached to an aromatic ring is 1. The highest BCUT2D eigenvalue weighted by Crippen LogP contribution is 2.20. The van der Waals surface area contributed by atoms with Gasteiger partial charge in [-0.3, -0.25) is 5.41 Å². The Hall–Kier alpha value is -1.26. The second kappa shape index (κ2) is 5.72. The van der Waals surface area contributed by atoms with Crippen molar-refractivity contribution in [1.82, 2.24) is 0 Å². The number of anilines is 1. The van der Waals surface area contributed by atoms with Crippen LogP contribution in [-0.2, 0) is 4.74 Å². The van der Waals surface area contributed by atoms with Crippen LogP contribution in [0.1, 0.15) is 12.5 Å². The highest BCUT2D eigenvalue weighted by Gasteiger charge is 2.07. The zero-order chi connectivity index (χ0) is 12.1. The van der Waals surface area contributed by atoms with Crippen LogP contribution in [0.4, 0.5) is 5.69 Å². The Morgan fingerprint density at radius 2 is 2.31 bits per heavy atom. The molecule has 0 saturated heterocycles. The Kier molecular flexibility index (Phi) is 4.58. The molecule has 0 aromatic heterocycles. The van der Waals surface area contributed by atoms with E-state index >= 15 is 0 Å². The first kappa shape index (κ1) is 12.8. The lowest BCUT2D eigenvalue weighted by Crippen LogP contribution is -2.21. The molecule has 0 saturated carbocycles. The number of rotatable bonds is 5. The summed E-state index contributed by atoms with van der Waals surface area (Å²) in [5.41, 5.74) is 6.88. The number of hydrogen-bond acceptors (Lipinski definition) is 3. The predicted molar refractivity (Wildman–Crippen MR) is 67.4 cm³/mol. The quantitative estimate of drug-likeness (QED) is 0.546. The van der Waals surface area contributed by atoms with Gasteiger partial charge < -0.3 is 15.8 Å². The zero-order valence-corrected chi connectivity index (χ0v) is 10.1. The van der Waals surface area contributed by atoms with E-state index in [1.165, 1.54) is 0 Å². The van der Waals surface area contributed by atoms with E-state index in [1.807, 2.05) is 6.92 Å². The van der Waals surface area contributed by atoms with Crippen LogP contribution in [-0.4, -0.2) is 25.6 Å². The Bertz CT molecular complexity index is 381. The maximum absolute atomic E-state index is 7.45. The molecule has 0 aliphatic carbocycles. The largest absolute Gasteiger partial charge is 0.384 e. The summed E-state index contributed by atoms with van der Waals surface area (Å²) in [7, 11) is 1.65. The molecule has 1 rings (SSSR count). The molecular weight excluding hydrogens is 226 g/mol. The van der Waals surface area contributed by atoms with Crippen LogP contribution in [0.5, 0.6) is 0 Å². The Balaban J connectivity index is 2.82. The fourth-order valence-corrected chi connectivity index (χ4v) is 1.40. The van der Waals surface area contributed by atoms with Crippen molar-refractivity contribution in [1.29, 1.82) is 5.41 Å². The van der Waals surface area contributed by atoms with E-state index in [0.29, 0.717) is 17.1 Å². The molecule has 0 amide bonds. The summed E-state index contributed by atoms with van der Waals surface area (Å²) in [5.74, 6) is -0.00456. The number of benzene rings is 1. The smallest absolute Gasteiger partial charge is 0.124 e. The molecule has 5 heteroatoms. The fourth-order valence-electron chi connectivity index (χ4n) is 1.23. The van der Waals surface area contributed by atoms with Gasteiger partial charge in [0.05, 0.1) is 6.10 Å². The lowest BCUT2D eigenvalue weighted by Gasteiger charge is -2.14. The molecule has 0 radical (unpaired) electrons. The highest BCUT2D eigenvalue weighted by molar-refractivity contribution is 6.31. The molecule has 1 aromatic rings. The number of halogens is 1. The predicted octanol–water partition coefficient (Wildman–Crippen LogP) is 2.07. The number of amidine groups is 1. The minimum Gasteiger partial charge on any atom is -0.384 e. The van der Waals surface area contributed by atoms with E-state index in [4.69, 9.17) is 27.5 Å². The Morgan fingerprint density at radius 1 is 1.62 bits per heavy atom. The minimum atomic E-state index is -0.00456. The van der Waals surface area contributed by atoms with Crippen LogP contribution >= 0.6 is 11.6 Å². The van der Waals surface area contributed by atoms with Gasteiger partial charge in [0.25, 0.3) is 0 Å². The first-order valence-electron chi connectivity index (χ1n) is 4.95. The lowest BCUT2D eigenvalue weighted by molar-refractivity contribution is 0.129. The summed E-state index contributed by atoms with van der Waals surface area (Å²) in [6, 6.07) is 5.24. The van der Waals surface area contributed by atoms with E-state index in [9.17, 15) is 0 Å². The molecule has 0 spiro atoms. The second-order valence-corrected chi connectivity index (χ2v) is 3.97. The van der Waals surface area contributed by atoms with E-state index in [1.54, 1.807) is 25.3 Å². The van der Waals surface area contributed by atoms with Crippen LogP contribution in [0, 0.1) is 5.41 Å². The number of hydrogen-bond donors (Lipinski definition) is 3. The molecule has 16 heavy (non-hydrogen) atoms. The van der Waals surface area contributed by atoms with Gasteiger partial charge in [-0.1, -0.05) is 11.6 Å². The van der Waals surface area contributed by atoms with Crippen molar-refractivity contribution < 1.29 is 4.74 Å². The molecule has 0 fully saturated rings. The van der Waals surface area contributed by atoms with Gasteiger partial charge >= 0.3 is 0 Å². The van der Waals surface area contributed by atoms with Crippen LogP contribution in [0.25, 0.3) is 0 Å². The Morgan fingerprint density at radius 3 is 2.88 bits per heavy atom. The van der Waals surface area contributed by atoms with Crippen molar-refractivity contribution in [2.45, 2.75) is 13.0 Å². The van der Waals surface area contributed by atoms with Crippen LogP contribution in [0.15, 0.2) is 18.2 Å². The van der Waals surface area contributed by atoms with Crippen LogP contribution in [0.3, 0.4) is 0 Å². The number of nitrogens with two attached hydrogens (primary N) is 1. The van der Waals surface area contributed by atoms with Crippen LogP contribution in [0.2, 0.25) is 5.02 Å². The van der Waals surface area contributed by atoms with E-state index in [2.05, 4.69) is 5.32 Å². The SMILES string of the molecule is COC(C)CNc1ccc(Cl)cc1C(=N)N. The zero-order valence-electron chi connectivity index (χ0n) is 9.38. The van der Waals surface area contributed by atoms with Crippen molar-refractivity contribution in [3.8, 4) is 0 Å². The second-order valence-electron chi connectivity index (χ2n) is 3.53. The molecule has 0 aliphatic rings. The lowest BCUT2D eigenvalue weighted by atomic mass is 10.1. The molecule has 1 atom stereocenters. The minimum absolute atomic E-state index is 0.00456. The number of nitrogens with one attached hydrogen (secondary N) is 2. The summed E-state index contributed by atoms with van der Waals surface area (Å²) in [6.07, 6.45) is 0.0930. The monoisotopic (exact) mass is 241 g/mol. The molecule has 88 valence electrons. The Labute approximate surface area is 100 Å². The first-order valence-corrected chi connectivity index (χ1v) is 5.33. The molecule has 4 nitrogen and oxygen atoms in total. The van der Waals surface area contributed by atoms with Gasteiger partial charge in [-0.2, -0.15) is 0 Å². The molecule has 1 aromatic carbocycles. The molecule has 0 heterocycles. The van der Waals surface area contributed by atoms with Gasteiger partial charge in [0.1, 0.15) is 5.84 Å². The van der Waals surface area contributed by atoms with E-state index < -0.39 is 0 Å². The van der Waals surface area contributed by atoms with Gasteiger partial charge in [-0.05, 0) is 25.1 Å². The molecule has 4 N–H and O–H groups in total. The molecular formula is C11H16ClN3O. The summed E-state index contributed by atoms with van der Waals surface area (Å²) >= 11 is 5.85. The third kappa shape index (κ3) is 3.40. The van der Waals surface area contributed by atoms with E-state index in [0.717, 1.165) is 5.69 Å². The average Bonchev–Trinajstić information content (AvgIpc) is 2.26. The first-order chi connectivity index (χ1) is 7.54. The standard InChI is InChI=1S/C11H16ClN3O/c1-7(16-2)6-15-10-4-3-8(12)5-9(10)11(13)14/h3-5,7,15H,6H2,1-2H3,(H3,13,14). The maximum atomic E-state index is 7.45. The maximum Gasteiger partial charge on any atom is 0.124 e. The molecule has 0 bridgehead atoms. The number of ether oxygens (including phenoxy) is 1. The normalized spacial score (nSPS) is 12.2. The van der Waals surface area contributed by atoms with Crippen LogP contribution < -0.4 is 11.1 Å². The van der Waals surface area contributed by atoms with Crippen molar-refractivity contribution in [2.75, 3.05) is 19.0 Å². The van der Waals surface area contributed by atoms with E-state index in [-0.39, 0.29) is 11.9 Å².